The number of carbonyl (C=O) groups is 2. The van der Waals surface area contributed by atoms with Gasteiger partial charge < -0.3 is 9.64 Å². The molecule has 2 unspecified atom stereocenters. The van der Waals surface area contributed by atoms with Crippen LogP contribution in [0.25, 0.3) is 0 Å². The number of amides is 1. The molecule has 1 aliphatic carbocycles. The summed E-state index contributed by atoms with van der Waals surface area (Å²) in [6.45, 7) is 4.00. The van der Waals surface area contributed by atoms with Gasteiger partial charge in [0.15, 0.2) is 6.61 Å². The Morgan fingerprint density at radius 1 is 1.17 bits per heavy atom. The summed E-state index contributed by atoms with van der Waals surface area (Å²) in [5, 5.41) is 0. The number of carbonyl (C=O) groups excluding carboxylic acids is 2. The Labute approximate surface area is 141 Å². The molecule has 1 aromatic rings. The number of likely N-dealkylation sites (tertiary alicyclic amines) is 1. The molecule has 1 amide bonds. The zero-order valence-corrected chi connectivity index (χ0v) is 14.8. The van der Waals surface area contributed by atoms with Crippen LogP contribution in [0.2, 0.25) is 0 Å². The van der Waals surface area contributed by atoms with E-state index >= 15 is 0 Å². The van der Waals surface area contributed by atoms with Crippen LogP contribution >= 0.6 is 11.3 Å². The minimum absolute atomic E-state index is 0.0700. The second kappa shape index (κ2) is 7.04. The van der Waals surface area contributed by atoms with Crippen molar-refractivity contribution in [1.82, 2.24) is 4.90 Å². The third-order valence-electron chi connectivity index (χ3n) is 5.01. The molecule has 1 aliphatic heterocycles. The van der Waals surface area contributed by atoms with Gasteiger partial charge in [-0.3, -0.25) is 4.79 Å². The zero-order chi connectivity index (χ0) is 16.4. The highest BCUT2D eigenvalue weighted by Crippen LogP contribution is 2.30. The molecule has 0 bridgehead atoms. The summed E-state index contributed by atoms with van der Waals surface area (Å²) in [6.07, 6.45) is 7.73. The van der Waals surface area contributed by atoms with Crippen molar-refractivity contribution in [2.75, 3.05) is 6.61 Å². The Kier molecular flexibility index (Phi) is 5.05. The van der Waals surface area contributed by atoms with E-state index in [0.29, 0.717) is 4.88 Å². The Balaban J connectivity index is 1.58. The molecule has 126 valence electrons. The third kappa shape index (κ3) is 3.60. The molecule has 5 heteroatoms. The van der Waals surface area contributed by atoms with Crippen molar-refractivity contribution in [1.29, 1.82) is 0 Å². The van der Waals surface area contributed by atoms with Gasteiger partial charge >= 0.3 is 5.97 Å². The van der Waals surface area contributed by atoms with Crippen LogP contribution < -0.4 is 0 Å². The smallest absolute Gasteiger partial charge is 0.348 e. The highest BCUT2D eigenvalue weighted by molar-refractivity contribution is 7.14. The number of fused-ring (bicyclic) bond motifs is 1. The van der Waals surface area contributed by atoms with E-state index in [4.69, 9.17) is 4.74 Å². The second-order valence-electron chi connectivity index (χ2n) is 6.77. The Morgan fingerprint density at radius 3 is 2.57 bits per heavy atom. The van der Waals surface area contributed by atoms with Gasteiger partial charge in [0.1, 0.15) is 4.88 Å². The molecule has 23 heavy (non-hydrogen) atoms. The first-order chi connectivity index (χ1) is 11.1. The van der Waals surface area contributed by atoms with Gasteiger partial charge in [-0.05, 0) is 70.4 Å². The summed E-state index contributed by atoms with van der Waals surface area (Å²) < 4.78 is 5.30. The van der Waals surface area contributed by atoms with Crippen LogP contribution in [-0.2, 0) is 22.4 Å². The molecule has 0 spiro atoms. The molecular weight excluding hydrogens is 310 g/mol. The Bertz CT molecular complexity index is 562. The van der Waals surface area contributed by atoms with Crippen LogP contribution in [0.15, 0.2) is 6.07 Å². The predicted molar refractivity (Wildman–Crippen MR) is 90.9 cm³/mol. The first-order valence-electron chi connectivity index (χ1n) is 8.66. The minimum atomic E-state index is -0.352. The van der Waals surface area contributed by atoms with E-state index in [-0.39, 0.29) is 30.6 Å². The lowest BCUT2D eigenvalue weighted by molar-refractivity contribution is -0.140. The van der Waals surface area contributed by atoms with Gasteiger partial charge in [0, 0.05) is 17.0 Å². The quantitative estimate of drug-likeness (QED) is 0.793. The highest BCUT2D eigenvalue weighted by atomic mass is 32.1. The summed E-state index contributed by atoms with van der Waals surface area (Å²) in [5.41, 5.74) is 1.29. The number of thiophene rings is 1. The first kappa shape index (κ1) is 16.5. The number of piperidine rings is 1. The van der Waals surface area contributed by atoms with E-state index in [1.165, 1.54) is 34.6 Å². The fourth-order valence-electron chi connectivity index (χ4n) is 3.78. The zero-order valence-electron chi connectivity index (χ0n) is 14.0. The van der Waals surface area contributed by atoms with E-state index in [2.05, 4.69) is 13.8 Å². The van der Waals surface area contributed by atoms with E-state index in [1.807, 2.05) is 11.0 Å². The molecule has 0 radical (unpaired) electrons. The molecule has 1 aromatic heterocycles. The van der Waals surface area contributed by atoms with Crippen molar-refractivity contribution < 1.29 is 14.3 Å². The van der Waals surface area contributed by atoms with Gasteiger partial charge in [-0.1, -0.05) is 0 Å². The van der Waals surface area contributed by atoms with E-state index in [1.54, 1.807) is 0 Å². The maximum Gasteiger partial charge on any atom is 0.348 e. The average Bonchev–Trinajstić information content (AvgIpc) is 2.96. The molecule has 0 N–H and O–H groups in total. The lowest BCUT2D eigenvalue weighted by Crippen LogP contribution is -2.49. The second-order valence-corrected chi connectivity index (χ2v) is 7.91. The van der Waals surface area contributed by atoms with Crippen LogP contribution in [0, 0.1) is 0 Å². The fourth-order valence-corrected chi connectivity index (χ4v) is 4.92. The summed E-state index contributed by atoms with van der Waals surface area (Å²) in [6, 6.07) is 2.43. The van der Waals surface area contributed by atoms with Crippen LogP contribution in [0.5, 0.6) is 0 Å². The number of hydrogen-bond acceptors (Lipinski definition) is 4. The van der Waals surface area contributed by atoms with Gasteiger partial charge in [0.25, 0.3) is 5.91 Å². The largest absolute Gasteiger partial charge is 0.451 e. The van der Waals surface area contributed by atoms with E-state index in [0.717, 1.165) is 32.1 Å². The minimum Gasteiger partial charge on any atom is -0.451 e. The van der Waals surface area contributed by atoms with Crippen LogP contribution in [-0.4, -0.2) is 35.5 Å². The number of esters is 1. The molecule has 2 aliphatic rings. The maximum atomic E-state index is 12.4. The molecular formula is C18H25NO3S. The SMILES string of the molecule is CC1CCCC(C)N1C(=O)COC(=O)c1cc2c(s1)CCCC2. The Hall–Kier alpha value is -1.36. The van der Waals surface area contributed by atoms with E-state index < -0.39 is 0 Å². The number of rotatable bonds is 3. The van der Waals surface area contributed by atoms with E-state index in [9.17, 15) is 9.59 Å². The van der Waals surface area contributed by atoms with Crippen LogP contribution in [0.1, 0.15) is 66.1 Å². The van der Waals surface area contributed by atoms with Gasteiger partial charge in [-0.2, -0.15) is 0 Å². The summed E-state index contributed by atoms with van der Waals surface area (Å²) >= 11 is 1.53. The van der Waals surface area contributed by atoms with Crippen molar-refractivity contribution in [2.45, 2.75) is 70.9 Å². The van der Waals surface area contributed by atoms with Gasteiger partial charge in [0.05, 0.1) is 0 Å². The number of aryl methyl sites for hydroxylation is 2. The fraction of sp³-hybridized carbons (Fsp3) is 0.667. The molecule has 0 aromatic carbocycles. The molecule has 3 rings (SSSR count). The highest BCUT2D eigenvalue weighted by Gasteiger charge is 2.29. The Morgan fingerprint density at radius 2 is 1.87 bits per heavy atom. The van der Waals surface area contributed by atoms with Crippen LogP contribution in [0.3, 0.4) is 0 Å². The number of hydrogen-bond donors (Lipinski definition) is 0. The topological polar surface area (TPSA) is 46.6 Å². The number of ether oxygens (including phenoxy) is 1. The summed E-state index contributed by atoms with van der Waals surface area (Å²) in [7, 11) is 0. The standard InChI is InChI=1S/C18H25NO3S/c1-12-6-5-7-13(2)19(12)17(20)11-22-18(21)16-10-14-8-3-4-9-15(14)23-16/h10,12-13H,3-9,11H2,1-2H3. The lowest BCUT2D eigenvalue weighted by Gasteiger charge is -2.38. The third-order valence-corrected chi connectivity index (χ3v) is 6.22. The summed E-state index contributed by atoms with van der Waals surface area (Å²) in [4.78, 5) is 28.5. The molecule has 1 fully saturated rings. The first-order valence-corrected chi connectivity index (χ1v) is 9.48. The molecule has 4 nitrogen and oxygen atoms in total. The number of nitrogens with zero attached hydrogens (tertiary/aromatic N) is 1. The van der Waals surface area contributed by atoms with Crippen molar-refractivity contribution in [2.24, 2.45) is 0 Å². The van der Waals surface area contributed by atoms with Crippen LogP contribution in [0.4, 0.5) is 0 Å². The van der Waals surface area contributed by atoms with Crippen molar-refractivity contribution in [3.63, 3.8) is 0 Å². The predicted octanol–water partition coefficient (Wildman–Crippen LogP) is 3.57. The van der Waals surface area contributed by atoms with Gasteiger partial charge in [0.2, 0.25) is 0 Å². The van der Waals surface area contributed by atoms with Crippen molar-refractivity contribution in [3.8, 4) is 0 Å². The normalized spacial score (nSPS) is 24.2. The average molecular weight is 335 g/mol. The lowest BCUT2D eigenvalue weighted by atomic mass is 9.97. The maximum absolute atomic E-state index is 12.4. The van der Waals surface area contributed by atoms with Crippen molar-refractivity contribution in [3.05, 3.63) is 21.4 Å². The van der Waals surface area contributed by atoms with Gasteiger partial charge in [-0.15, -0.1) is 11.3 Å². The molecule has 1 saturated heterocycles. The molecule has 2 atom stereocenters. The monoisotopic (exact) mass is 335 g/mol. The molecule has 0 saturated carbocycles. The van der Waals surface area contributed by atoms with Crippen molar-refractivity contribution >= 4 is 23.2 Å². The summed E-state index contributed by atoms with van der Waals surface area (Å²) in [5.74, 6) is -0.422. The van der Waals surface area contributed by atoms with Gasteiger partial charge in [-0.25, -0.2) is 4.79 Å². The molecule has 2 heterocycles.